The van der Waals surface area contributed by atoms with Gasteiger partial charge in [-0.25, -0.2) is 13.8 Å². The van der Waals surface area contributed by atoms with Crippen molar-refractivity contribution < 1.29 is 13.9 Å². The molecule has 0 fully saturated rings. The van der Waals surface area contributed by atoms with Crippen LogP contribution in [-0.4, -0.2) is 10.1 Å². The number of alkyl halides is 2. The minimum absolute atomic E-state index is 0.0524. The van der Waals surface area contributed by atoms with Crippen molar-refractivity contribution in [2.75, 3.05) is 0 Å². The van der Waals surface area contributed by atoms with Gasteiger partial charge in [0.05, 0.1) is 12.3 Å². The number of aliphatic hydroxyl groups excluding tert-OH is 1. The molecule has 0 radical (unpaired) electrons. The Bertz CT molecular complexity index is 317. The van der Waals surface area contributed by atoms with Crippen LogP contribution in [0.3, 0.4) is 0 Å². The Morgan fingerprint density at radius 1 is 1.62 bits per heavy atom. The zero-order valence-corrected chi connectivity index (χ0v) is 9.05. The summed E-state index contributed by atoms with van der Waals surface area (Å²) in [7, 11) is 0. The molecule has 1 aromatic heterocycles. The molecule has 0 bridgehead atoms. The summed E-state index contributed by atoms with van der Waals surface area (Å²) >= 11 is 1.88. The molecule has 0 aliphatic rings. The van der Waals surface area contributed by atoms with Crippen molar-refractivity contribution in [1.82, 2.24) is 4.98 Å². The van der Waals surface area contributed by atoms with E-state index in [-0.39, 0.29) is 17.9 Å². The van der Waals surface area contributed by atoms with Gasteiger partial charge in [0, 0.05) is 5.56 Å². The molecule has 72 valence electrons. The summed E-state index contributed by atoms with van der Waals surface area (Å²) in [6.07, 6.45) is -2.51. The molecule has 0 saturated heterocycles. The number of nitrogens with zero attached hydrogens (tertiary/aromatic N) is 1. The lowest BCUT2D eigenvalue weighted by molar-refractivity contribution is 0.150. The van der Waals surface area contributed by atoms with Crippen LogP contribution >= 0.6 is 22.6 Å². The minimum Gasteiger partial charge on any atom is -0.390 e. The zero-order chi connectivity index (χ0) is 10.0. The third kappa shape index (κ3) is 2.34. The van der Waals surface area contributed by atoms with Crippen molar-refractivity contribution in [3.63, 3.8) is 0 Å². The predicted molar refractivity (Wildman–Crippen MR) is 52.6 cm³/mol. The maximum atomic E-state index is 12.4. The fourth-order valence-corrected chi connectivity index (χ4v) is 1.58. The summed E-state index contributed by atoms with van der Waals surface area (Å²) in [5.41, 5.74) is 0.710. The number of pyridine rings is 1. The van der Waals surface area contributed by atoms with Crippen molar-refractivity contribution in [2.45, 2.75) is 20.0 Å². The average Bonchev–Trinajstić information content (AvgIpc) is 2.09. The van der Waals surface area contributed by atoms with Gasteiger partial charge in [-0.2, -0.15) is 0 Å². The highest BCUT2D eigenvalue weighted by atomic mass is 127. The maximum absolute atomic E-state index is 12.4. The average molecular weight is 299 g/mol. The molecule has 1 heterocycles. The van der Waals surface area contributed by atoms with Gasteiger partial charge in [-0.15, -0.1) is 0 Å². The lowest BCUT2D eigenvalue weighted by atomic mass is 10.1. The Labute approximate surface area is 88.1 Å². The first kappa shape index (κ1) is 10.8. The van der Waals surface area contributed by atoms with E-state index in [1.165, 1.54) is 6.07 Å². The van der Waals surface area contributed by atoms with Crippen molar-refractivity contribution >= 4 is 22.6 Å². The fourth-order valence-electron chi connectivity index (χ4n) is 0.957. The molecule has 1 rings (SSSR count). The van der Waals surface area contributed by atoms with Gasteiger partial charge in [0.1, 0.15) is 3.70 Å². The molecule has 0 unspecified atom stereocenters. The number of aromatic nitrogens is 1. The van der Waals surface area contributed by atoms with Gasteiger partial charge in [-0.1, -0.05) is 0 Å². The van der Waals surface area contributed by atoms with E-state index in [0.717, 1.165) is 0 Å². The zero-order valence-electron chi connectivity index (χ0n) is 6.89. The second-order valence-corrected chi connectivity index (χ2v) is 3.60. The molecule has 0 amide bonds. The highest BCUT2D eigenvalue weighted by molar-refractivity contribution is 14.1. The van der Waals surface area contributed by atoms with E-state index in [4.69, 9.17) is 5.11 Å². The van der Waals surface area contributed by atoms with E-state index in [1.54, 1.807) is 6.92 Å². The van der Waals surface area contributed by atoms with Gasteiger partial charge < -0.3 is 5.11 Å². The molecule has 2 nitrogen and oxygen atoms in total. The maximum Gasteiger partial charge on any atom is 0.264 e. The summed E-state index contributed by atoms with van der Waals surface area (Å²) < 4.78 is 25.3. The highest BCUT2D eigenvalue weighted by Crippen LogP contribution is 2.25. The number of halogens is 3. The van der Waals surface area contributed by atoms with Gasteiger partial charge >= 0.3 is 0 Å². The topological polar surface area (TPSA) is 33.1 Å². The molecule has 1 N–H and O–H groups in total. The SMILES string of the molecule is Cc1c(C(F)F)cc(CO)nc1I. The Morgan fingerprint density at radius 3 is 2.69 bits per heavy atom. The van der Waals surface area contributed by atoms with Gasteiger partial charge in [-0.05, 0) is 41.1 Å². The molecule has 0 spiro atoms. The number of rotatable bonds is 2. The normalized spacial score (nSPS) is 10.9. The Hall–Kier alpha value is -0.300. The first-order chi connectivity index (χ1) is 6.06. The van der Waals surface area contributed by atoms with Crippen molar-refractivity contribution in [1.29, 1.82) is 0 Å². The van der Waals surface area contributed by atoms with E-state index in [9.17, 15) is 8.78 Å². The van der Waals surface area contributed by atoms with E-state index in [2.05, 4.69) is 4.98 Å². The second kappa shape index (κ2) is 4.28. The molecule has 0 aliphatic heterocycles. The molecule has 0 atom stereocenters. The largest absolute Gasteiger partial charge is 0.390 e. The summed E-state index contributed by atoms with van der Waals surface area (Å²) in [5, 5.41) is 8.75. The van der Waals surface area contributed by atoms with Crippen LogP contribution in [-0.2, 0) is 6.61 Å². The van der Waals surface area contributed by atoms with Gasteiger partial charge in [0.15, 0.2) is 0 Å². The van der Waals surface area contributed by atoms with E-state index >= 15 is 0 Å². The molecular weight excluding hydrogens is 291 g/mol. The first-order valence-corrected chi connectivity index (χ1v) is 4.69. The van der Waals surface area contributed by atoms with Crippen LogP contribution in [0.4, 0.5) is 8.78 Å². The lowest BCUT2D eigenvalue weighted by Gasteiger charge is -2.07. The number of hydrogen-bond donors (Lipinski definition) is 1. The Morgan fingerprint density at radius 2 is 2.23 bits per heavy atom. The third-order valence-electron chi connectivity index (χ3n) is 1.70. The van der Waals surface area contributed by atoms with Crippen LogP contribution < -0.4 is 0 Å². The van der Waals surface area contributed by atoms with Gasteiger partial charge in [0.25, 0.3) is 6.43 Å². The fraction of sp³-hybridized carbons (Fsp3) is 0.375. The molecule has 13 heavy (non-hydrogen) atoms. The standard InChI is InChI=1S/C8H8F2INO/c1-4-6(7(9)10)2-5(3-13)12-8(4)11/h2,7,13H,3H2,1H3. The lowest BCUT2D eigenvalue weighted by Crippen LogP contribution is -2.00. The summed E-state index contributed by atoms with van der Waals surface area (Å²) in [6, 6.07) is 1.24. The summed E-state index contributed by atoms with van der Waals surface area (Å²) in [6.45, 7) is 1.29. The molecule has 0 saturated carbocycles. The third-order valence-corrected chi connectivity index (χ3v) is 2.75. The van der Waals surface area contributed by atoms with Gasteiger partial charge in [-0.3, -0.25) is 0 Å². The minimum atomic E-state index is -2.51. The molecule has 1 aromatic rings. The number of aliphatic hydroxyl groups is 1. The van der Waals surface area contributed by atoms with Gasteiger partial charge in [0.2, 0.25) is 0 Å². The number of hydrogen-bond acceptors (Lipinski definition) is 2. The second-order valence-electron chi connectivity index (χ2n) is 2.58. The van der Waals surface area contributed by atoms with Crippen LogP contribution in [0.5, 0.6) is 0 Å². The summed E-state index contributed by atoms with van der Waals surface area (Å²) in [4.78, 5) is 3.94. The highest BCUT2D eigenvalue weighted by Gasteiger charge is 2.14. The van der Waals surface area contributed by atoms with Crippen molar-refractivity contribution in [3.05, 3.63) is 26.6 Å². The molecule has 0 aliphatic carbocycles. The Balaban J connectivity index is 3.25. The smallest absolute Gasteiger partial charge is 0.264 e. The van der Waals surface area contributed by atoms with Crippen LogP contribution in [0, 0.1) is 10.6 Å². The van der Waals surface area contributed by atoms with Crippen LogP contribution in [0.15, 0.2) is 6.07 Å². The summed E-state index contributed by atoms with van der Waals surface area (Å²) in [5.74, 6) is 0. The Kier molecular flexibility index (Phi) is 3.55. The quantitative estimate of drug-likeness (QED) is 0.672. The van der Waals surface area contributed by atoms with Crippen LogP contribution in [0.2, 0.25) is 0 Å². The predicted octanol–water partition coefficient (Wildman–Crippen LogP) is 2.42. The van der Waals surface area contributed by atoms with Crippen molar-refractivity contribution in [2.24, 2.45) is 0 Å². The van der Waals surface area contributed by atoms with Crippen LogP contribution in [0.25, 0.3) is 0 Å². The van der Waals surface area contributed by atoms with E-state index in [0.29, 0.717) is 9.26 Å². The first-order valence-electron chi connectivity index (χ1n) is 3.61. The molecular formula is C8H8F2INO. The molecule has 5 heteroatoms. The monoisotopic (exact) mass is 299 g/mol. The van der Waals surface area contributed by atoms with Crippen molar-refractivity contribution in [3.8, 4) is 0 Å². The van der Waals surface area contributed by atoms with E-state index < -0.39 is 6.43 Å². The van der Waals surface area contributed by atoms with E-state index in [1.807, 2.05) is 22.6 Å². The molecule has 0 aromatic carbocycles. The van der Waals surface area contributed by atoms with Crippen LogP contribution in [0.1, 0.15) is 23.2 Å².